The Morgan fingerprint density at radius 3 is 2.78 bits per heavy atom. The number of carboxylic acid groups (broad SMARTS) is 1. The van der Waals surface area contributed by atoms with Gasteiger partial charge in [-0.05, 0) is 32.7 Å². The zero-order valence-corrected chi connectivity index (χ0v) is 13.2. The number of hydrogen-bond donors (Lipinski definition) is 1. The second kappa shape index (κ2) is 6.91. The van der Waals surface area contributed by atoms with E-state index in [0.29, 0.717) is 24.2 Å². The van der Waals surface area contributed by atoms with E-state index >= 15 is 0 Å². The van der Waals surface area contributed by atoms with E-state index < -0.39 is 12.0 Å². The molecule has 2 aromatic rings. The summed E-state index contributed by atoms with van der Waals surface area (Å²) in [5, 5.41) is 13.2. The van der Waals surface area contributed by atoms with Crippen molar-refractivity contribution in [3.8, 4) is 11.4 Å². The molecule has 1 aromatic carbocycles. The highest BCUT2D eigenvalue weighted by Gasteiger charge is 2.34. The van der Waals surface area contributed by atoms with Gasteiger partial charge in [-0.25, -0.2) is 0 Å². The molecule has 1 heterocycles. The minimum absolute atomic E-state index is 0.420. The Labute approximate surface area is 135 Å². The van der Waals surface area contributed by atoms with Crippen molar-refractivity contribution < 1.29 is 14.4 Å². The Hall–Kier alpha value is -2.21. The third kappa shape index (κ3) is 3.96. The minimum Gasteiger partial charge on any atom is -0.480 e. The summed E-state index contributed by atoms with van der Waals surface area (Å²) in [6.45, 7) is 2.49. The van der Waals surface area contributed by atoms with Crippen LogP contribution in [-0.2, 0) is 11.2 Å². The van der Waals surface area contributed by atoms with Crippen LogP contribution in [-0.4, -0.2) is 44.7 Å². The van der Waals surface area contributed by atoms with Crippen LogP contribution in [0.5, 0.6) is 0 Å². The largest absolute Gasteiger partial charge is 0.480 e. The Morgan fingerprint density at radius 2 is 2.13 bits per heavy atom. The number of carboxylic acids is 1. The molecule has 1 aromatic heterocycles. The van der Waals surface area contributed by atoms with Crippen LogP contribution in [0.15, 0.2) is 34.9 Å². The molecule has 1 aliphatic rings. The third-order valence-electron chi connectivity index (χ3n) is 4.18. The van der Waals surface area contributed by atoms with Crippen LogP contribution in [0.4, 0.5) is 0 Å². The summed E-state index contributed by atoms with van der Waals surface area (Å²) in [6.07, 6.45) is 3.66. The fourth-order valence-electron chi connectivity index (χ4n) is 2.71. The molecule has 1 N–H and O–H groups in total. The summed E-state index contributed by atoms with van der Waals surface area (Å²) in [6, 6.07) is 9.68. The molecule has 6 nitrogen and oxygen atoms in total. The maximum Gasteiger partial charge on any atom is 0.320 e. The van der Waals surface area contributed by atoms with Gasteiger partial charge in [-0.3, -0.25) is 9.69 Å². The van der Waals surface area contributed by atoms with E-state index in [4.69, 9.17) is 4.52 Å². The highest BCUT2D eigenvalue weighted by Crippen LogP contribution is 2.29. The van der Waals surface area contributed by atoms with Crippen molar-refractivity contribution in [2.75, 3.05) is 6.54 Å². The van der Waals surface area contributed by atoms with Crippen LogP contribution in [0, 0.1) is 0 Å². The molecule has 1 atom stereocenters. The van der Waals surface area contributed by atoms with Gasteiger partial charge in [0.1, 0.15) is 6.04 Å². The lowest BCUT2D eigenvalue weighted by Crippen LogP contribution is -2.41. The van der Waals surface area contributed by atoms with Crippen molar-refractivity contribution >= 4 is 5.97 Å². The van der Waals surface area contributed by atoms with E-state index in [2.05, 4.69) is 15.0 Å². The maximum atomic E-state index is 11.2. The summed E-state index contributed by atoms with van der Waals surface area (Å²) < 4.78 is 5.29. The summed E-state index contributed by atoms with van der Waals surface area (Å²) in [5.74, 6) is 0.433. The molecule has 0 aliphatic heterocycles. The molecule has 3 rings (SSSR count). The highest BCUT2D eigenvalue weighted by atomic mass is 16.5. The first kappa shape index (κ1) is 15.7. The Balaban J connectivity index is 1.54. The maximum absolute atomic E-state index is 11.2. The molecular formula is C17H21N3O3. The number of nitrogens with zero attached hydrogens (tertiary/aromatic N) is 3. The van der Waals surface area contributed by atoms with Crippen molar-refractivity contribution in [3.63, 3.8) is 0 Å². The molecule has 122 valence electrons. The van der Waals surface area contributed by atoms with Crippen molar-refractivity contribution in [2.24, 2.45) is 0 Å². The number of aryl methyl sites for hydroxylation is 1. The van der Waals surface area contributed by atoms with Gasteiger partial charge < -0.3 is 9.63 Å². The van der Waals surface area contributed by atoms with Gasteiger partial charge >= 0.3 is 5.97 Å². The van der Waals surface area contributed by atoms with Crippen molar-refractivity contribution in [1.82, 2.24) is 15.0 Å². The summed E-state index contributed by atoms with van der Waals surface area (Å²) >= 11 is 0. The second-order valence-corrected chi connectivity index (χ2v) is 5.96. The topological polar surface area (TPSA) is 79.5 Å². The van der Waals surface area contributed by atoms with Crippen molar-refractivity contribution in [2.45, 2.75) is 44.7 Å². The Bertz CT molecular complexity index is 652. The molecule has 0 saturated heterocycles. The average molecular weight is 315 g/mol. The molecule has 1 aliphatic carbocycles. The highest BCUT2D eigenvalue weighted by molar-refractivity contribution is 5.73. The third-order valence-corrected chi connectivity index (χ3v) is 4.18. The quantitative estimate of drug-likeness (QED) is 0.806. The molecule has 1 saturated carbocycles. The number of aromatic nitrogens is 2. The second-order valence-electron chi connectivity index (χ2n) is 5.96. The molecule has 1 fully saturated rings. The van der Waals surface area contributed by atoms with E-state index in [0.717, 1.165) is 31.4 Å². The van der Waals surface area contributed by atoms with Gasteiger partial charge in [0.2, 0.25) is 11.7 Å². The average Bonchev–Trinajstić information content (AvgIpc) is 3.29. The normalized spacial score (nSPS) is 15.7. The summed E-state index contributed by atoms with van der Waals surface area (Å²) in [4.78, 5) is 17.7. The fourth-order valence-corrected chi connectivity index (χ4v) is 2.71. The first-order valence-electron chi connectivity index (χ1n) is 8.01. The predicted octanol–water partition coefficient (Wildman–Crippen LogP) is 2.61. The van der Waals surface area contributed by atoms with E-state index in [1.165, 1.54) is 0 Å². The predicted molar refractivity (Wildman–Crippen MR) is 84.9 cm³/mol. The molecule has 0 amide bonds. The first-order chi connectivity index (χ1) is 11.1. The molecule has 6 heteroatoms. The summed E-state index contributed by atoms with van der Waals surface area (Å²) in [7, 11) is 0. The van der Waals surface area contributed by atoms with Gasteiger partial charge in [0.15, 0.2) is 0 Å². The van der Waals surface area contributed by atoms with E-state index in [-0.39, 0.29) is 0 Å². The Kier molecular flexibility index (Phi) is 4.71. The van der Waals surface area contributed by atoms with Crippen molar-refractivity contribution in [1.29, 1.82) is 0 Å². The van der Waals surface area contributed by atoms with Crippen LogP contribution in [0.1, 0.15) is 32.1 Å². The molecule has 0 bridgehead atoms. The first-order valence-corrected chi connectivity index (χ1v) is 8.01. The van der Waals surface area contributed by atoms with Gasteiger partial charge in [0.25, 0.3) is 0 Å². The minimum atomic E-state index is -0.763. The molecule has 1 unspecified atom stereocenters. The van der Waals surface area contributed by atoms with E-state index in [1.807, 2.05) is 30.3 Å². The lowest BCUT2D eigenvalue weighted by Gasteiger charge is -2.25. The summed E-state index contributed by atoms with van der Waals surface area (Å²) in [5.41, 5.74) is 0.932. The standard InChI is InChI=1S/C17H21N3O3/c1-12(17(21)22)20(14-9-10-14)11-5-8-15-18-16(19-23-15)13-6-3-2-4-7-13/h2-4,6-7,12,14H,5,8-11H2,1H3,(H,21,22). The number of aliphatic carboxylic acids is 1. The van der Waals surface area contributed by atoms with Crippen LogP contribution < -0.4 is 0 Å². The van der Waals surface area contributed by atoms with Crippen LogP contribution in [0.25, 0.3) is 11.4 Å². The Morgan fingerprint density at radius 1 is 1.39 bits per heavy atom. The smallest absolute Gasteiger partial charge is 0.320 e. The van der Waals surface area contributed by atoms with E-state index in [1.54, 1.807) is 6.92 Å². The number of hydrogen-bond acceptors (Lipinski definition) is 5. The van der Waals surface area contributed by atoms with Crippen LogP contribution >= 0.6 is 0 Å². The van der Waals surface area contributed by atoms with E-state index in [9.17, 15) is 9.90 Å². The van der Waals surface area contributed by atoms with Crippen LogP contribution in [0.2, 0.25) is 0 Å². The fraction of sp³-hybridized carbons (Fsp3) is 0.471. The molecular weight excluding hydrogens is 294 g/mol. The zero-order valence-electron chi connectivity index (χ0n) is 13.2. The van der Waals surface area contributed by atoms with Gasteiger partial charge in [0.05, 0.1) is 0 Å². The lowest BCUT2D eigenvalue weighted by atomic mass is 10.2. The molecule has 23 heavy (non-hydrogen) atoms. The van der Waals surface area contributed by atoms with Gasteiger partial charge in [0, 0.05) is 18.0 Å². The van der Waals surface area contributed by atoms with Crippen molar-refractivity contribution in [3.05, 3.63) is 36.2 Å². The SMILES string of the molecule is CC(C(=O)O)N(CCCc1nc(-c2ccccc2)no1)C1CC1. The van der Waals surface area contributed by atoms with Gasteiger partial charge in [-0.2, -0.15) is 4.98 Å². The number of rotatable bonds is 8. The van der Waals surface area contributed by atoms with Crippen LogP contribution in [0.3, 0.4) is 0 Å². The number of benzene rings is 1. The monoisotopic (exact) mass is 315 g/mol. The molecule has 0 radical (unpaired) electrons. The molecule has 0 spiro atoms. The zero-order chi connectivity index (χ0) is 16.2. The van der Waals surface area contributed by atoms with Gasteiger partial charge in [-0.15, -0.1) is 0 Å². The lowest BCUT2D eigenvalue weighted by molar-refractivity contribution is -0.142. The number of carbonyl (C=O) groups is 1. The van der Waals surface area contributed by atoms with Gasteiger partial charge in [-0.1, -0.05) is 35.5 Å².